The molecule has 0 heterocycles. The van der Waals surface area contributed by atoms with Crippen LogP contribution in [-0.2, 0) is 25.5 Å². The molecule has 6 nitrogen and oxygen atoms in total. The maximum Gasteiger partial charge on any atom is 0.326 e. The van der Waals surface area contributed by atoms with E-state index < -0.39 is 17.9 Å². The highest BCUT2D eigenvalue weighted by molar-refractivity contribution is 6.34. The molecule has 1 aromatic rings. The lowest BCUT2D eigenvalue weighted by atomic mass is 10.1. The predicted octanol–water partition coefficient (Wildman–Crippen LogP) is 1.77. The molecule has 8 heteroatoms. The molecule has 1 rings (SSSR count). The normalized spacial score (nSPS) is 12.0. The molecule has 1 atom stereocenters. The average molecular weight is 350 g/mol. The topological polar surface area (TPSA) is 84.9 Å². The van der Waals surface area contributed by atoms with Crippen LogP contribution in [0.1, 0.15) is 5.56 Å². The van der Waals surface area contributed by atoms with E-state index in [2.05, 4.69) is 5.32 Å². The van der Waals surface area contributed by atoms with Gasteiger partial charge in [0, 0.05) is 23.6 Å². The van der Waals surface area contributed by atoms with Crippen LogP contribution in [0.4, 0.5) is 0 Å². The van der Waals surface area contributed by atoms with Gasteiger partial charge in [-0.05, 0) is 23.8 Å². The Morgan fingerprint density at radius 3 is 2.41 bits per heavy atom. The van der Waals surface area contributed by atoms with Crippen LogP contribution in [0.2, 0.25) is 10.0 Å². The van der Waals surface area contributed by atoms with Gasteiger partial charge in [-0.3, -0.25) is 4.79 Å². The third-order valence-corrected chi connectivity index (χ3v) is 3.10. The van der Waals surface area contributed by atoms with Gasteiger partial charge in [0.1, 0.15) is 12.6 Å². The number of hydrogen-bond donors (Lipinski definition) is 2. The van der Waals surface area contributed by atoms with Crippen molar-refractivity contribution in [2.75, 3.05) is 26.9 Å². The molecule has 0 aliphatic heterocycles. The van der Waals surface area contributed by atoms with E-state index >= 15 is 0 Å². The summed E-state index contributed by atoms with van der Waals surface area (Å²) in [4.78, 5) is 22.9. The summed E-state index contributed by atoms with van der Waals surface area (Å²) in [6.07, 6.45) is 0.0689. The highest BCUT2D eigenvalue weighted by atomic mass is 35.5. The van der Waals surface area contributed by atoms with Gasteiger partial charge < -0.3 is 19.9 Å². The zero-order valence-electron chi connectivity index (χ0n) is 12.0. The van der Waals surface area contributed by atoms with Gasteiger partial charge in [-0.2, -0.15) is 0 Å². The zero-order valence-corrected chi connectivity index (χ0v) is 13.5. The van der Waals surface area contributed by atoms with Gasteiger partial charge in [0.05, 0.1) is 13.2 Å². The van der Waals surface area contributed by atoms with Crippen molar-refractivity contribution >= 4 is 35.1 Å². The van der Waals surface area contributed by atoms with Crippen molar-refractivity contribution in [2.45, 2.75) is 12.5 Å². The second-order valence-electron chi connectivity index (χ2n) is 4.49. The summed E-state index contributed by atoms with van der Waals surface area (Å²) in [5, 5.41) is 12.4. The Hall–Kier alpha value is -1.34. The van der Waals surface area contributed by atoms with Crippen LogP contribution < -0.4 is 5.32 Å². The smallest absolute Gasteiger partial charge is 0.326 e. The Balaban J connectivity index is 2.58. The van der Waals surface area contributed by atoms with E-state index in [1.165, 1.54) is 7.11 Å². The Morgan fingerprint density at radius 2 is 1.86 bits per heavy atom. The minimum Gasteiger partial charge on any atom is -0.480 e. The first-order valence-corrected chi connectivity index (χ1v) is 7.21. The van der Waals surface area contributed by atoms with Crippen LogP contribution >= 0.6 is 23.2 Å². The Labute approximate surface area is 138 Å². The molecule has 2 N–H and O–H groups in total. The molecule has 0 aromatic heterocycles. The first-order valence-electron chi connectivity index (χ1n) is 6.46. The number of carbonyl (C=O) groups excluding carboxylic acids is 1. The van der Waals surface area contributed by atoms with E-state index in [-0.39, 0.29) is 19.6 Å². The highest BCUT2D eigenvalue weighted by Gasteiger charge is 2.20. The molecule has 122 valence electrons. The number of rotatable bonds is 9. The third kappa shape index (κ3) is 7.09. The molecule has 1 amide bonds. The van der Waals surface area contributed by atoms with Crippen LogP contribution in [-0.4, -0.2) is 50.0 Å². The maximum absolute atomic E-state index is 11.7. The second-order valence-corrected chi connectivity index (χ2v) is 5.36. The molecule has 1 unspecified atom stereocenters. The Bertz CT molecular complexity index is 504. The fraction of sp³-hybridized carbons (Fsp3) is 0.429. The lowest BCUT2D eigenvalue weighted by molar-refractivity contribution is -0.142. The van der Waals surface area contributed by atoms with Crippen LogP contribution in [0.5, 0.6) is 0 Å². The molecule has 0 spiro atoms. The molecule has 22 heavy (non-hydrogen) atoms. The SMILES string of the molecule is COCCOCC(=O)NC(Cc1cc(Cl)cc(Cl)c1)C(=O)O. The molecule has 0 aliphatic rings. The lowest BCUT2D eigenvalue weighted by Crippen LogP contribution is -2.44. The van der Waals surface area contributed by atoms with Crippen molar-refractivity contribution in [3.8, 4) is 0 Å². The van der Waals surface area contributed by atoms with Gasteiger partial charge in [0.2, 0.25) is 5.91 Å². The van der Waals surface area contributed by atoms with E-state index in [0.29, 0.717) is 22.2 Å². The standard InChI is InChI=1S/C14H17Cl2NO5/c1-21-2-3-22-8-13(18)17-12(14(19)20)6-9-4-10(15)7-11(16)5-9/h4-5,7,12H,2-3,6,8H2,1H3,(H,17,18)(H,19,20). The maximum atomic E-state index is 11.7. The molecule has 0 saturated carbocycles. The van der Waals surface area contributed by atoms with Gasteiger partial charge in [-0.15, -0.1) is 0 Å². The van der Waals surface area contributed by atoms with Crippen molar-refractivity contribution in [1.29, 1.82) is 0 Å². The zero-order chi connectivity index (χ0) is 16.5. The summed E-state index contributed by atoms with van der Waals surface area (Å²) >= 11 is 11.7. The van der Waals surface area contributed by atoms with E-state index in [4.69, 9.17) is 32.7 Å². The molecule has 0 aliphatic carbocycles. The summed E-state index contributed by atoms with van der Waals surface area (Å²) in [6, 6.07) is 3.66. The Morgan fingerprint density at radius 1 is 1.23 bits per heavy atom. The quantitative estimate of drug-likeness (QED) is 0.663. The van der Waals surface area contributed by atoms with Gasteiger partial charge in [-0.25, -0.2) is 4.79 Å². The van der Waals surface area contributed by atoms with Crippen molar-refractivity contribution in [3.63, 3.8) is 0 Å². The number of amides is 1. The van der Waals surface area contributed by atoms with Crippen LogP contribution in [0, 0.1) is 0 Å². The van der Waals surface area contributed by atoms with Crippen LogP contribution in [0.25, 0.3) is 0 Å². The molecular weight excluding hydrogens is 333 g/mol. The highest BCUT2D eigenvalue weighted by Crippen LogP contribution is 2.20. The minimum atomic E-state index is -1.15. The summed E-state index contributed by atoms with van der Waals surface area (Å²) in [6.45, 7) is 0.381. The van der Waals surface area contributed by atoms with Gasteiger partial charge >= 0.3 is 5.97 Å². The van der Waals surface area contributed by atoms with Gasteiger partial charge in [-0.1, -0.05) is 23.2 Å². The summed E-state index contributed by atoms with van der Waals surface area (Å²) in [5.41, 5.74) is 0.616. The monoisotopic (exact) mass is 349 g/mol. The number of aliphatic carboxylic acids is 1. The number of halogens is 2. The van der Waals surface area contributed by atoms with Crippen molar-refractivity contribution in [1.82, 2.24) is 5.32 Å². The third-order valence-electron chi connectivity index (χ3n) is 2.66. The molecule has 1 aromatic carbocycles. The fourth-order valence-electron chi connectivity index (χ4n) is 1.71. The number of methoxy groups -OCH3 is 1. The summed E-state index contributed by atoms with van der Waals surface area (Å²) in [7, 11) is 1.51. The first-order chi connectivity index (χ1) is 10.4. The lowest BCUT2D eigenvalue weighted by Gasteiger charge is -2.15. The molecule has 0 fully saturated rings. The number of carboxylic acids is 1. The minimum absolute atomic E-state index is 0.0689. The molecule has 0 bridgehead atoms. The van der Waals surface area contributed by atoms with Crippen molar-refractivity contribution < 1.29 is 24.2 Å². The van der Waals surface area contributed by atoms with E-state index in [1.54, 1.807) is 18.2 Å². The predicted molar refractivity (Wildman–Crippen MR) is 82.4 cm³/mol. The van der Waals surface area contributed by atoms with Crippen LogP contribution in [0.15, 0.2) is 18.2 Å². The number of nitrogens with one attached hydrogen (secondary N) is 1. The van der Waals surface area contributed by atoms with E-state index in [0.717, 1.165) is 0 Å². The molecular formula is C14H17Cl2NO5. The number of carbonyl (C=O) groups is 2. The number of carboxylic acid groups (broad SMARTS) is 1. The average Bonchev–Trinajstić information content (AvgIpc) is 2.41. The largest absolute Gasteiger partial charge is 0.480 e. The summed E-state index contributed by atoms with van der Waals surface area (Å²) in [5.74, 6) is -1.67. The van der Waals surface area contributed by atoms with Crippen molar-refractivity contribution in [3.05, 3.63) is 33.8 Å². The van der Waals surface area contributed by atoms with Crippen molar-refractivity contribution in [2.24, 2.45) is 0 Å². The van der Waals surface area contributed by atoms with Gasteiger partial charge in [0.25, 0.3) is 0 Å². The number of benzene rings is 1. The van der Waals surface area contributed by atoms with Crippen LogP contribution in [0.3, 0.4) is 0 Å². The molecule has 0 radical (unpaired) electrons. The fourth-order valence-corrected chi connectivity index (χ4v) is 2.28. The molecule has 0 saturated heterocycles. The Kier molecular flexibility index (Phi) is 8.19. The number of hydrogen-bond acceptors (Lipinski definition) is 4. The van der Waals surface area contributed by atoms with E-state index in [1.807, 2.05) is 0 Å². The van der Waals surface area contributed by atoms with E-state index in [9.17, 15) is 14.7 Å². The number of ether oxygens (including phenoxy) is 2. The first kappa shape index (κ1) is 18.7. The summed E-state index contributed by atoms with van der Waals surface area (Å²) < 4.78 is 9.80. The second kappa shape index (κ2) is 9.63. The van der Waals surface area contributed by atoms with Gasteiger partial charge in [0.15, 0.2) is 0 Å².